The van der Waals surface area contributed by atoms with Crippen molar-refractivity contribution in [3.8, 4) is 0 Å². The Hall–Kier alpha value is -1.17. The minimum absolute atomic E-state index is 0.0562. The molecule has 1 aromatic rings. The van der Waals surface area contributed by atoms with Gasteiger partial charge >= 0.3 is 5.97 Å². The number of nitrogens with zero attached hydrogens (tertiary/aromatic N) is 2. The van der Waals surface area contributed by atoms with Crippen molar-refractivity contribution in [2.24, 2.45) is 0 Å². The van der Waals surface area contributed by atoms with E-state index in [2.05, 4.69) is 15.5 Å². The Balaban J connectivity index is 2.65. The lowest BCUT2D eigenvalue weighted by Gasteiger charge is -1.85. The number of anilines is 1. The first kappa shape index (κ1) is 7.93. The molecule has 0 saturated heterocycles. The summed E-state index contributed by atoms with van der Waals surface area (Å²) in [7, 11) is 1.71. The van der Waals surface area contributed by atoms with E-state index in [0.29, 0.717) is 10.1 Å². The van der Waals surface area contributed by atoms with Crippen LogP contribution in [0.4, 0.5) is 5.13 Å². The summed E-state index contributed by atoms with van der Waals surface area (Å²) in [4.78, 5) is 10.2. The molecule has 0 saturated carbocycles. The fraction of sp³-hybridized carbons (Fsp3) is 0.400. The highest BCUT2D eigenvalue weighted by atomic mass is 32.1. The summed E-state index contributed by atoms with van der Waals surface area (Å²) >= 11 is 1.25. The second-order valence-electron chi connectivity index (χ2n) is 1.82. The molecule has 6 heteroatoms. The van der Waals surface area contributed by atoms with Gasteiger partial charge < -0.3 is 10.4 Å². The predicted molar refractivity (Wildman–Crippen MR) is 40.8 cm³/mol. The Morgan fingerprint density at radius 2 is 2.45 bits per heavy atom. The van der Waals surface area contributed by atoms with E-state index < -0.39 is 5.97 Å². The first-order valence-electron chi connectivity index (χ1n) is 2.94. The largest absolute Gasteiger partial charge is 0.481 e. The van der Waals surface area contributed by atoms with Crippen molar-refractivity contribution in [2.45, 2.75) is 6.42 Å². The third-order valence-corrected chi connectivity index (χ3v) is 1.92. The van der Waals surface area contributed by atoms with E-state index in [1.165, 1.54) is 11.3 Å². The molecule has 0 aliphatic rings. The fourth-order valence-electron chi connectivity index (χ4n) is 0.555. The number of carboxylic acid groups (broad SMARTS) is 1. The molecule has 0 aromatic carbocycles. The van der Waals surface area contributed by atoms with E-state index in [4.69, 9.17) is 5.11 Å². The van der Waals surface area contributed by atoms with Gasteiger partial charge in [0.05, 0.1) is 6.42 Å². The van der Waals surface area contributed by atoms with Gasteiger partial charge in [0.2, 0.25) is 5.13 Å². The van der Waals surface area contributed by atoms with Crippen molar-refractivity contribution in [3.63, 3.8) is 0 Å². The highest BCUT2D eigenvalue weighted by molar-refractivity contribution is 7.15. The van der Waals surface area contributed by atoms with Gasteiger partial charge in [0.25, 0.3) is 0 Å². The summed E-state index contributed by atoms with van der Waals surface area (Å²) in [6.07, 6.45) is -0.0562. The second kappa shape index (κ2) is 3.29. The molecule has 0 aliphatic heterocycles. The molecule has 1 rings (SSSR count). The molecule has 0 aliphatic carbocycles. The highest BCUT2D eigenvalue weighted by Crippen LogP contribution is 2.14. The van der Waals surface area contributed by atoms with Crippen LogP contribution in [0, 0.1) is 0 Å². The molecule has 0 fully saturated rings. The fourth-order valence-corrected chi connectivity index (χ4v) is 1.24. The van der Waals surface area contributed by atoms with Crippen LogP contribution in [0.15, 0.2) is 0 Å². The number of rotatable bonds is 3. The first-order valence-corrected chi connectivity index (χ1v) is 3.76. The van der Waals surface area contributed by atoms with Crippen molar-refractivity contribution >= 4 is 22.4 Å². The smallest absolute Gasteiger partial charge is 0.310 e. The predicted octanol–water partition coefficient (Wildman–Crippen LogP) is 0.207. The van der Waals surface area contributed by atoms with E-state index in [1.807, 2.05) is 0 Å². The van der Waals surface area contributed by atoms with Crippen LogP contribution in [-0.4, -0.2) is 28.3 Å². The molecule has 0 bridgehead atoms. The number of hydrogen-bond donors (Lipinski definition) is 2. The van der Waals surface area contributed by atoms with Crippen LogP contribution in [0.25, 0.3) is 0 Å². The molecule has 0 unspecified atom stereocenters. The zero-order valence-corrected chi connectivity index (χ0v) is 6.68. The standard InChI is InChI=1S/C5H7N3O2S/c1-6-5-8-7-3(11-5)2-4(9)10/h2H2,1H3,(H,6,8)(H,9,10). The zero-order valence-electron chi connectivity index (χ0n) is 5.87. The number of carbonyl (C=O) groups is 1. The Labute approximate surface area is 67.1 Å². The van der Waals surface area contributed by atoms with Gasteiger partial charge in [0.15, 0.2) is 0 Å². The van der Waals surface area contributed by atoms with Crippen molar-refractivity contribution < 1.29 is 9.90 Å². The summed E-state index contributed by atoms with van der Waals surface area (Å²) in [5, 5.41) is 19.6. The van der Waals surface area contributed by atoms with Crippen molar-refractivity contribution in [2.75, 3.05) is 12.4 Å². The van der Waals surface area contributed by atoms with E-state index in [-0.39, 0.29) is 6.42 Å². The zero-order chi connectivity index (χ0) is 8.27. The average molecular weight is 173 g/mol. The minimum Gasteiger partial charge on any atom is -0.481 e. The summed E-state index contributed by atoms with van der Waals surface area (Å²) in [6.45, 7) is 0. The maximum Gasteiger partial charge on any atom is 0.310 e. The van der Waals surface area contributed by atoms with Crippen LogP contribution in [-0.2, 0) is 11.2 Å². The summed E-state index contributed by atoms with van der Waals surface area (Å²) in [5.74, 6) is -0.885. The second-order valence-corrected chi connectivity index (χ2v) is 2.88. The van der Waals surface area contributed by atoms with Crippen molar-refractivity contribution in [1.29, 1.82) is 0 Å². The molecule has 0 spiro atoms. The normalized spacial score (nSPS) is 9.55. The van der Waals surface area contributed by atoms with Gasteiger partial charge in [-0.3, -0.25) is 4.79 Å². The van der Waals surface area contributed by atoms with E-state index in [9.17, 15) is 4.79 Å². The number of hydrogen-bond acceptors (Lipinski definition) is 5. The number of nitrogens with one attached hydrogen (secondary N) is 1. The molecule has 60 valence electrons. The van der Waals surface area contributed by atoms with E-state index >= 15 is 0 Å². The first-order chi connectivity index (χ1) is 5.22. The maximum absolute atomic E-state index is 10.2. The summed E-state index contributed by atoms with van der Waals surface area (Å²) in [6, 6.07) is 0. The molecule has 5 nitrogen and oxygen atoms in total. The van der Waals surface area contributed by atoms with Crippen LogP contribution < -0.4 is 5.32 Å². The lowest BCUT2D eigenvalue weighted by Crippen LogP contribution is -1.98. The molecule has 0 radical (unpaired) electrons. The van der Waals surface area contributed by atoms with Crippen LogP contribution >= 0.6 is 11.3 Å². The quantitative estimate of drug-likeness (QED) is 0.683. The summed E-state index contributed by atoms with van der Waals surface area (Å²) in [5.41, 5.74) is 0. The third kappa shape index (κ3) is 2.15. The van der Waals surface area contributed by atoms with E-state index in [0.717, 1.165) is 0 Å². The summed E-state index contributed by atoms with van der Waals surface area (Å²) < 4.78 is 0. The SMILES string of the molecule is CNc1nnc(CC(=O)O)s1. The van der Waals surface area contributed by atoms with Crippen LogP contribution in [0.3, 0.4) is 0 Å². The highest BCUT2D eigenvalue weighted by Gasteiger charge is 2.05. The Morgan fingerprint density at radius 1 is 1.73 bits per heavy atom. The molecule has 1 aromatic heterocycles. The van der Waals surface area contributed by atoms with Gasteiger partial charge in [0, 0.05) is 7.05 Å². The molecule has 0 atom stereocenters. The van der Waals surface area contributed by atoms with Crippen LogP contribution in [0.5, 0.6) is 0 Å². The Morgan fingerprint density at radius 3 is 2.91 bits per heavy atom. The number of aromatic nitrogens is 2. The Bertz CT molecular complexity index is 260. The molecule has 1 heterocycles. The lowest BCUT2D eigenvalue weighted by molar-refractivity contribution is -0.136. The maximum atomic E-state index is 10.2. The van der Waals surface area contributed by atoms with Crippen molar-refractivity contribution in [3.05, 3.63) is 5.01 Å². The third-order valence-electron chi connectivity index (χ3n) is 0.983. The van der Waals surface area contributed by atoms with Crippen molar-refractivity contribution in [1.82, 2.24) is 10.2 Å². The van der Waals surface area contributed by atoms with Gasteiger partial charge in [-0.2, -0.15) is 0 Å². The monoisotopic (exact) mass is 173 g/mol. The van der Waals surface area contributed by atoms with Gasteiger partial charge in [-0.1, -0.05) is 11.3 Å². The number of aliphatic carboxylic acids is 1. The lowest BCUT2D eigenvalue weighted by atomic mass is 10.5. The Kier molecular flexibility index (Phi) is 2.37. The molecule has 0 amide bonds. The molecular formula is C5H7N3O2S. The van der Waals surface area contributed by atoms with Gasteiger partial charge in [0.1, 0.15) is 5.01 Å². The van der Waals surface area contributed by atoms with Gasteiger partial charge in [-0.15, -0.1) is 10.2 Å². The van der Waals surface area contributed by atoms with Crippen LogP contribution in [0.1, 0.15) is 5.01 Å². The molecule has 11 heavy (non-hydrogen) atoms. The van der Waals surface area contributed by atoms with Crippen LogP contribution in [0.2, 0.25) is 0 Å². The molecular weight excluding hydrogens is 166 g/mol. The van der Waals surface area contributed by atoms with E-state index in [1.54, 1.807) is 7.05 Å². The van der Waals surface area contributed by atoms with Gasteiger partial charge in [-0.05, 0) is 0 Å². The topological polar surface area (TPSA) is 75.1 Å². The average Bonchev–Trinajstić information content (AvgIpc) is 2.34. The molecule has 2 N–H and O–H groups in total. The minimum atomic E-state index is -0.885. The number of carboxylic acids is 1. The van der Waals surface area contributed by atoms with Gasteiger partial charge in [-0.25, -0.2) is 0 Å².